The van der Waals surface area contributed by atoms with E-state index in [0.29, 0.717) is 24.1 Å². The van der Waals surface area contributed by atoms with Crippen LogP contribution in [0.4, 0.5) is 0 Å². The lowest BCUT2D eigenvalue weighted by Crippen LogP contribution is -2.09. The summed E-state index contributed by atoms with van der Waals surface area (Å²) in [5.74, 6) is -0.973. The zero-order valence-electron chi connectivity index (χ0n) is 20.1. The van der Waals surface area contributed by atoms with Crippen LogP contribution in [-0.4, -0.2) is 31.7 Å². The molecule has 0 spiro atoms. The van der Waals surface area contributed by atoms with E-state index in [0.717, 1.165) is 46.8 Å². The van der Waals surface area contributed by atoms with Crippen molar-refractivity contribution < 1.29 is 19.8 Å². The van der Waals surface area contributed by atoms with Crippen molar-refractivity contribution in [3.8, 4) is 11.1 Å². The molecule has 0 amide bonds. The molecule has 0 bridgehead atoms. The van der Waals surface area contributed by atoms with Gasteiger partial charge >= 0.3 is 11.9 Å². The molecule has 0 saturated carbocycles. The highest BCUT2D eigenvalue weighted by Crippen LogP contribution is 2.25. The van der Waals surface area contributed by atoms with E-state index in [2.05, 4.69) is 16.5 Å². The number of aromatic carboxylic acids is 1. The first-order valence-corrected chi connectivity index (χ1v) is 12.8. The van der Waals surface area contributed by atoms with Gasteiger partial charge in [0, 0.05) is 29.8 Å². The van der Waals surface area contributed by atoms with Crippen molar-refractivity contribution >= 4 is 29.4 Å². The smallest absolute Gasteiger partial charge is 0.336 e. The van der Waals surface area contributed by atoms with Gasteiger partial charge in [-0.2, -0.15) is 0 Å². The molecule has 0 aliphatic heterocycles. The minimum Gasteiger partial charge on any atom is -0.478 e. The van der Waals surface area contributed by atoms with E-state index in [4.69, 9.17) is 0 Å². The fraction of sp³-hybridized carbons (Fsp3) is 0.207. The molecule has 2 N–H and O–H groups in total. The van der Waals surface area contributed by atoms with E-state index in [1.54, 1.807) is 41.8 Å². The van der Waals surface area contributed by atoms with Gasteiger partial charge in [0.2, 0.25) is 0 Å². The van der Waals surface area contributed by atoms with Crippen LogP contribution in [-0.2, 0) is 24.2 Å². The Morgan fingerprint density at radius 2 is 1.81 bits per heavy atom. The number of rotatable bonds is 11. The Hall–Kier alpha value is -3.97. The molecule has 0 fully saturated rings. The Bertz CT molecular complexity index is 1370. The maximum atomic E-state index is 12.0. The molecule has 2 aromatic carbocycles. The molecule has 184 valence electrons. The van der Waals surface area contributed by atoms with Gasteiger partial charge in [0.15, 0.2) is 0 Å². The Morgan fingerprint density at radius 1 is 1.03 bits per heavy atom. The average molecular weight is 501 g/mol. The predicted molar refractivity (Wildman–Crippen MR) is 142 cm³/mol. The van der Waals surface area contributed by atoms with Crippen LogP contribution in [0.3, 0.4) is 0 Å². The second-order valence-electron chi connectivity index (χ2n) is 8.57. The van der Waals surface area contributed by atoms with Gasteiger partial charge in [0.1, 0.15) is 5.82 Å². The van der Waals surface area contributed by atoms with Gasteiger partial charge in [-0.1, -0.05) is 61.9 Å². The van der Waals surface area contributed by atoms with Gasteiger partial charge in [-0.05, 0) is 46.7 Å². The minimum absolute atomic E-state index is 0.265. The van der Waals surface area contributed by atoms with E-state index in [1.165, 1.54) is 0 Å². The third-order valence-electron chi connectivity index (χ3n) is 6.03. The number of hydrogen-bond donors (Lipinski definition) is 2. The zero-order valence-corrected chi connectivity index (χ0v) is 20.9. The summed E-state index contributed by atoms with van der Waals surface area (Å²) in [4.78, 5) is 29.2. The lowest BCUT2D eigenvalue weighted by molar-refractivity contribution is -0.132. The summed E-state index contributed by atoms with van der Waals surface area (Å²) in [6.45, 7) is 2.67. The molecular formula is C29H28N2O4S. The zero-order chi connectivity index (χ0) is 25.5. The van der Waals surface area contributed by atoms with Crippen LogP contribution >= 0.6 is 11.3 Å². The summed E-state index contributed by atoms with van der Waals surface area (Å²) in [7, 11) is 0. The molecule has 0 radical (unpaired) electrons. The predicted octanol–water partition coefficient (Wildman–Crippen LogP) is 6.41. The average Bonchev–Trinajstić information content (AvgIpc) is 3.53. The normalized spacial score (nSPS) is 11.5. The van der Waals surface area contributed by atoms with Crippen LogP contribution in [0, 0.1) is 0 Å². The van der Waals surface area contributed by atoms with Gasteiger partial charge in [-0.15, -0.1) is 11.3 Å². The highest BCUT2D eigenvalue weighted by molar-refractivity contribution is 7.09. The number of benzene rings is 2. The number of aliphatic carboxylic acids is 1. The van der Waals surface area contributed by atoms with E-state index in [1.807, 2.05) is 47.8 Å². The summed E-state index contributed by atoms with van der Waals surface area (Å²) >= 11 is 1.54. The van der Waals surface area contributed by atoms with E-state index >= 15 is 0 Å². The van der Waals surface area contributed by atoms with E-state index in [-0.39, 0.29) is 5.56 Å². The second kappa shape index (κ2) is 11.6. The number of unbranched alkanes of at least 4 members (excludes halogenated alkanes) is 1. The molecule has 6 nitrogen and oxygen atoms in total. The summed E-state index contributed by atoms with van der Waals surface area (Å²) in [6, 6.07) is 18.6. The number of aryl methyl sites for hydroxylation is 1. The molecule has 2 heterocycles. The molecule has 0 unspecified atom stereocenters. The lowest BCUT2D eigenvalue weighted by atomic mass is 9.98. The quantitative estimate of drug-likeness (QED) is 0.232. The number of carboxylic acids is 2. The molecular weight excluding hydrogens is 472 g/mol. The van der Waals surface area contributed by atoms with Gasteiger partial charge in [0.25, 0.3) is 0 Å². The van der Waals surface area contributed by atoms with Gasteiger partial charge in [-0.25, -0.2) is 14.6 Å². The Labute approximate surface area is 214 Å². The van der Waals surface area contributed by atoms with Crippen molar-refractivity contribution in [2.24, 2.45) is 0 Å². The number of aromatic nitrogens is 2. The summed E-state index contributed by atoms with van der Waals surface area (Å²) in [5, 5.41) is 21.3. The van der Waals surface area contributed by atoms with Crippen LogP contribution in [0.5, 0.6) is 0 Å². The van der Waals surface area contributed by atoms with Crippen LogP contribution in [0.2, 0.25) is 0 Å². The molecule has 36 heavy (non-hydrogen) atoms. The number of nitrogens with zero attached hydrogens (tertiary/aromatic N) is 2. The summed E-state index contributed by atoms with van der Waals surface area (Å²) in [6.07, 6.45) is 6.67. The topological polar surface area (TPSA) is 92.4 Å². The van der Waals surface area contributed by atoms with Crippen molar-refractivity contribution in [2.75, 3.05) is 0 Å². The third kappa shape index (κ3) is 5.98. The summed E-state index contributed by atoms with van der Waals surface area (Å²) in [5.41, 5.74) is 3.87. The van der Waals surface area contributed by atoms with Crippen molar-refractivity contribution in [2.45, 2.75) is 39.2 Å². The standard InChI is InChI=1S/C29H28N2O4S/c1-2-3-10-27-30-18-23(16-22(28(32)33)17-24-7-6-15-36-24)31(27)19-20-11-13-21(14-12-20)25-8-4-5-9-26(25)29(34)35/h4-9,11-16,18H,2-3,10,17,19H2,1H3,(H,32,33)(H,34,35)/b22-16+. The van der Waals surface area contributed by atoms with Crippen LogP contribution < -0.4 is 0 Å². The Balaban J connectivity index is 1.65. The van der Waals surface area contributed by atoms with Gasteiger partial charge in [-0.3, -0.25) is 0 Å². The molecule has 4 rings (SSSR count). The molecule has 0 aliphatic carbocycles. The molecule has 2 aromatic heterocycles. The fourth-order valence-corrected chi connectivity index (χ4v) is 4.85. The molecule has 0 aliphatic rings. The number of hydrogen-bond acceptors (Lipinski definition) is 4. The van der Waals surface area contributed by atoms with Crippen molar-refractivity contribution in [1.82, 2.24) is 9.55 Å². The Morgan fingerprint density at radius 3 is 2.47 bits per heavy atom. The van der Waals surface area contributed by atoms with E-state index < -0.39 is 11.9 Å². The van der Waals surface area contributed by atoms with Crippen molar-refractivity contribution in [3.05, 3.63) is 105 Å². The maximum Gasteiger partial charge on any atom is 0.336 e. The van der Waals surface area contributed by atoms with Gasteiger partial charge in [0.05, 0.1) is 17.5 Å². The monoisotopic (exact) mass is 500 g/mol. The molecule has 7 heteroatoms. The number of thiophene rings is 1. The number of carboxylic acid groups (broad SMARTS) is 2. The SMILES string of the molecule is CCCCc1ncc(/C=C(\Cc2cccs2)C(=O)O)n1Cc1ccc(-c2ccccc2C(=O)O)cc1. The fourth-order valence-electron chi connectivity index (χ4n) is 4.12. The van der Waals surface area contributed by atoms with Crippen molar-refractivity contribution in [3.63, 3.8) is 0 Å². The minimum atomic E-state index is -0.957. The third-order valence-corrected chi connectivity index (χ3v) is 6.90. The first kappa shape index (κ1) is 25.1. The largest absolute Gasteiger partial charge is 0.478 e. The van der Waals surface area contributed by atoms with E-state index in [9.17, 15) is 19.8 Å². The first-order valence-electron chi connectivity index (χ1n) is 11.9. The lowest BCUT2D eigenvalue weighted by Gasteiger charge is -2.13. The Kier molecular flexibility index (Phi) is 8.13. The highest BCUT2D eigenvalue weighted by atomic mass is 32.1. The van der Waals surface area contributed by atoms with Crippen LogP contribution in [0.15, 0.2) is 77.8 Å². The van der Waals surface area contributed by atoms with Crippen LogP contribution in [0.1, 0.15) is 52.1 Å². The summed E-state index contributed by atoms with van der Waals surface area (Å²) < 4.78 is 2.08. The number of carbonyl (C=O) groups is 2. The molecule has 0 saturated heterocycles. The highest BCUT2D eigenvalue weighted by Gasteiger charge is 2.15. The molecule has 0 atom stereocenters. The first-order chi connectivity index (χ1) is 17.5. The maximum absolute atomic E-state index is 12.0. The molecule has 4 aromatic rings. The van der Waals surface area contributed by atoms with Crippen LogP contribution in [0.25, 0.3) is 17.2 Å². The second-order valence-corrected chi connectivity index (χ2v) is 9.60. The van der Waals surface area contributed by atoms with Crippen molar-refractivity contribution in [1.29, 1.82) is 0 Å². The number of imidazole rings is 1. The van der Waals surface area contributed by atoms with Gasteiger partial charge < -0.3 is 14.8 Å².